The van der Waals surface area contributed by atoms with Crippen LogP contribution in [0.2, 0.25) is 0 Å². The van der Waals surface area contributed by atoms with Gasteiger partial charge in [0.15, 0.2) is 0 Å². The summed E-state index contributed by atoms with van der Waals surface area (Å²) in [6, 6.07) is 6.01. The monoisotopic (exact) mass is 271 g/mol. The maximum Gasteiger partial charge on any atom is 0.387 e. The van der Waals surface area contributed by atoms with Crippen LogP contribution in [0.15, 0.2) is 24.3 Å². The third-order valence-electron chi connectivity index (χ3n) is 2.92. The molecule has 0 bridgehead atoms. The Balaban J connectivity index is 2.21. The molecule has 1 aliphatic carbocycles. The minimum absolute atomic E-state index is 0.0965. The normalized spacial score (nSPS) is 14.5. The quantitative estimate of drug-likeness (QED) is 0.859. The highest BCUT2D eigenvalue weighted by atomic mass is 19.3. The molecule has 1 aromatic carbocycles. The fourth-order valence-corrected chi connectivity index (χ4v) is 1.94. The molecule has 0 atom stereocenters. The highest BCUT2D eigenvalue weighted by Gasteiger charge is 2.33. The maximum absolute atomic E-state index is 12.3. The standard InChI is InChI=1S/C13H15F2NO3/c14-13(15)19-11-4-2-1-3-10(11)12(18)16(7-8-17)9-5-6-9/h1-4,9,13,17H,5-8H2. The van der Waals surface area contributed by atoms with Gasteiger partial charge in [-0.3, -0.25) is 4.79 Å². The Morgan fingerprint density at radius 3 is 2.68 bits per heavy atom. The number of para-hydroxylation sites is 1. The largest absolute Gasteiger partial charge is 0.434 e. The molecule has 4 nitrogen and oxygen atoms in total. The topological polar surface area (TPSA) is 49.8 Å². The Bertz CT molecular complexity index is 449. The second-order valence-electron chi connectivity index (χ2n) is 4.33. The third-order valence-corrected chi connectivity index (χ3v) is 2.92. The van der Waals surface area contributed by atoms with Gasteiger partial charge in [-0.15, -0.1) is 0 Å². The summed E-state index contributed by atoms with van der Waals surface area (Å²) in [5.41, 5.74) is 0.100. The zero-order valence-corrected chi connectivity index (χ0v) is 10.3. The second-order valence-corrected chi connectivity index (χ2v) is 4.33. The van der Waals surface area contributed by atoms with Crippen molar-refractivity contribution in [3.8, 4) is 5.75 Å². The molecule has 0 unspecified atom stereocenters. The molecule has 0 heterocycles. The van der Waals surface area contributed by atoms with Crippen LogP contribution in [0.5, 0.6) is 5.75 Å². The zero-order chi connectivity index (χ0) is 13.8. The number of carbonyl (C=O) groups is 1. The minimum atomic E-state index is -2.97. The van der Waals surface area contributed by atoms with Crippen LogP contribution in [0.1, 0.15) is 23.2 Å². The van der Waals surface area contributed by atoms with Crippen LogP contribution in [0.4, 0.5) is 8.78 Å². The first-order valence-corrected chi connectivity index (χ1v) is 6.09. The highest BCUT2D eigenvalue weighted by Crippen LogP contribution is 2.30. The van der Waals surface area contributed by atoms with Crippen molar-refractivity contribution in [1.82, 2.24) is 4.90 Å². The number of amides is 1. The molecule has 104 valence electrons. The molecule has 0 radical (unpaired) electrons. The number of halogens is 2. The van der Waals surface area contributed by atoms with Gasteiger partial charge in [-0.1, -0.05) is 12.1 Å². The van der Waals surface area contributed by atoms with E-state index in [1.165, 1.54) is 23.1 Å². The van der Waals surface area contributed by atoms with Gasteiger partial charge in [0.2, 0.25) is 0 Å². The van der Waals surface area contributed by atoms with Gasteiger partial charge < -0.3 is 14.7 Å². The van der Waals surface area contributed by atoms with Gasteiger partial charge in [0.1, 0.15) is 5.75 Å². The lowest BCUT2D eigenvalue weighted by atomic mass is 10.1. The summed E-state index contributed by atoms with van der Waals surface area (Å²) >= 11 is 0. The first-order valence-electron chi connectivity index (χ1n) is 6.09. The van der Waals surface area contributed by atoms with Gasteiger partial charge >= 0.3 is 6.61 Å². The Labute approximate surface area is 109 Å². The molecule has 0 spiro atoms. The molecule has 1 aliphatic rings. The van der Waals surface area contributed by atoms with E-state index in [4.69, 9.17) is 5.11 Å². The lowest BCUT2D eigenvalue weighted by Crippen LogP contribution is -2.35. The van der Waals surface area contributed by atoms with Gasteiger partial charge in [0, 0.05) is 12.6 Å². The van der Waals surface area contributed by atoms with E-state index in [-0.39, 0.29) is 36.4 Å². The van der Waals surface area contributed by atoms with E-state index < -0.39 is 6.61 Å². The first-order chi connectivity index (χ1) is 9.13. The number of carbonyl (C=O) groups excluding carboxylic acids is 1. The summed E-state index contributed by atoms with van der Waals surface area (Å²) in [6.45, 7) is -2.92. The van der Waals surface area contributed by atoms with Crippen LogP contribution in [-0.2, 0) is 0 Å². The predicted octanol–water partition coefficient (Wildman–Crippen LogP) is 1.88. The van der Waals surface area contributed by atoms with Gasteiger partial charge in [0.25, 0.3) is 5.91 Å². The first kappa shape index (κ1) is 13.7. The van der Waals surface area contributed by atoms with Crippen LogP contribution < -0.4 is 4.74 Å². The summed E-state index contributed by atoms with van der Waals surface area (Å²) in [5, 5.41) is 8.98. The van der Waals surface area contributed by atoms with Crippen molar-refractivity contribution in [2.75, 3.05) is 13.2 Å². The van der Waals surface area contributed by atoms with Crippen LogP contribution in [0.25, 0.3) is 0 Å². The number of aliphatic hydroxyl groups is 1. The van der Waals surface area contributed by atoms with Crippen molar-refractivity contribution in [3.05, 3.63) is 29.8 Å². The number of nitrogens with zero attached hydrogens (tertiary/aromatic N) is 1. The van der Waals surface area contributed by atoms with E-state index in [1.807, 2.05) is 0 Å². The second kappa shape index (κ2) is 5.97. The zero-order valence-electron chi connectivity index (χ0n) is 10.3. The molecule has 6 heteroatoms. The predicted molar refractivity (Wildman–Crippen MR) is 64.2 cm³/mol. The molecule has 19 heavy (non-hydrogen) atoms. The van der Waals surface area contributed by atoms with E-state index in [1.54, 1.807) is 6.07 Å². The van der Waals surface area contributed by atoms with Crippen molar-refractivity contribution in [1.29, 1.82) is 0 Å². The van der Waals surface area contributed by atoms with Gasteiger partial charge in [-0.25, -0.2) is 0 Å². The number of rotatable bonds is 6. The van der Waals surface area contributed by atoms with Crippen molar-refractivity contribution in [3.63, 3.8) is 0 Å². The van der Waals surface area contributed by atoms with Crippen LogP contribution in [0, 0.1) is 0 Å². The minimum Gasteiger partial charge on any atom is -0.434 e. The SMILES string of the molecule is O=C(c1ccccc1OC(F)F)N(CCO)C1CC1. The maximum atomic E-state index is 12.3. The lowest BCUT2D eigenvalue weighted by Gasteiger charge is -2.22. The van der Waals surface area contributed by atoms with Crippen LogP contribution >= 0.6 is 0 Å². The molecule has 1 saturated carbocycles. The van der Waals surface area contributed by atoms with Gasteiger partial charge in [-0.05, 0) is 25.0 Å². The number of benzene rings is 1. The van der Waals surface area contributed by atoms with E-state index in [9.17, 15) is 13.6 Å². The molecule has 1 aromatic rings. The Morgan fingerprint density at radius 1 is 1.42 bits per heavy atom. The van der Waals surface area contributed by atoms with E-state index >= 15 is 0 Å². The van der Waals surface area contributed by atoms with E-state index in [0.29, 0.717) is 0 Å². The molecular weight excluding hydrogens is 256 g/mol. The highest BCUT2D eigenvalue weighted by molar-refractivity contribution is 5.97. The van der Waals surface area contributed by atoms with Crippen LogP contribution in [0.3, 0.4) is 0 Å². The summed E-state index contributed by atoms with van der Waals surface area (Å²) in [6.07, 6.45) is 1.76. The summed E-state index contributed by atoms with van der Waals surface area (Å²) < 4.78 is 28.9. The molecule has 1 fully saturated rings. The van der Waals surface area contributed by atoms with E-state index in [0.717, 1.165) is 12.8 Å². The summed E-state index contributed by atoms with van der Waals surface area (Å²) in [5.74, 6) is -0.515. The molecule has 0 aliphatic heterocycles. The number of alkyl halides is 2. The van der Waals surface area contributed by atoms with Gasteiger partial charge in [-0.2, -0.15) is 8.78 Å². The number of hydrogen-bond acceptors (Lipinski definition) is 3. The molecule has 0 aromatic heterocycles. The third kappa shape index (κ3) is 3.41. The Morgan fingerprint density at radius 2 is 2.11 bits per heavy atom. The average molecular weight is 271 g/mol. The fraction of sp³-hybridized carbons (Fsp3) is 0.462. The fourth-order valence-electron chi connectivity index (χ4n) is 1.94. The molecular formula is C13H15F2NO3. The van der Waals surface area contributed by atoms with Crippen molar-refractivity contribution in [2.45, 2.75) is 25.5 Å². The van der Waals surface area contributed by atoms with Crippen molar-refractivity contribution >= 4 is 5.91 Å². The number of ether oxygens (including phenoxy) is 1. The van der Waals surface area contributed by atoms with E-state index in [2.05, 4.69) is 4.74 Å². The van der Waals surface area contributed by atoms with Gasteiger partial charge in [0.05, 0.1) is 12.2 Å². The lowest BCUT2D eigenvalue weighted by molar-refractivity contribution is -0.0503. The molecule has 1 N–H and O–H groups in total. The van der Waals surface area contributed by atoms with Crippen LogP contribution in [-0.4, -0.2) is 41.7 Å². The molecule has 2 rings (SSSR count). The van der Waals surface area contributed by atoms with Crippen molar-refractivity contribution < 1.29 is 23.4 Å². The molecule has 1 amide bonds. The Hall–Kier alpha value is -1.69. The smallest absolute Gasteiger partial charge is 0.387 e. The molecule has 0 saturated heterocycles. The number of hydrogen-bond donors (Lipinski definition) is 1. The Kier molecular flexibility index (Phi) is 4.31. The number of aliphatic hydroxyl groups excluding tert-OH is 1. The van der Waals surface area contributed by atoms with Crippen molar-refractivity contribution in [2.24, 2.45) is 0 Å². The summed E-state index contributed by atoms with van der Waals surface area (Å²) in [4.78, 5) is 13.8. The average Bonchev–Trinajstić information content (AvgIpc) is 3.19. The summed E-state index contributed by atoms with van der Waals surface area (Å²) in [7, 11) is 0.